The maximum atomic E-state index is 12.4. The topological polar surface area (TPSA) is 38.4 Å². The predicted octanol–water partition coefficient (Wildman–Crippen LogP) is 3.03. The maximum Gasteiger partial charge on any atom is 0.178 e. The van der Waals surface area contributed by atoms with Gasteiger partial charge in [-0.3, -0.25) is 9.69 Å². The molecule has 108 valence electrons. The van der Waals surface area contributed by atoms with Crippen LogP contribution in [0.3, 0.4) is 0 Å². The molecule has 0 atom stereocenters. The van der Waals surface area contributed by atoms with E-state index < -0.39 is 0 Å². The standard InChI is InChI=1S/C16H22N2O2/c1-5-18-12(2)9-15(13(18)3)16(19)11-17(4)10-14-7-6-8-20-14/h6-9H,5,10-11H2,1-4H3. The summed E-state index contributed by atoms with van der Waals surface area (Å²) < 4.78 is 7.47. The van der Waals surface area contributed by atoms with Crippen LogP contribution in [0.5, 0.6) is 0 Å². The van der Waals surface area contributed by atoms with Crippen LogP contribution in [0.4, 0.5) is 0 Å². The van der Waals surface area contributed by atoms with Crippen LogP contribution in [0.15, 0.2) is 28.9 Å². The first-order valence-corrected chi connectivity index (χ1v) is 6.93. The van der Waals surface area contributed by atoms with Crippen molar-refractivity contribution in [2.75, 3.05) is 13.6 Å². The second-order valence-electron chi connectivity index (χ2n) is 5.20. The van der Waals surface area contributed by atoms with Crippen LogP contribution >= 0.6 is 0 Å². The molecule has 20 heavy (non-hydrogen) atoms. The van der Waals surface area contributed by atoms with Gasteiger partial charge in [0.05, 0.1) is 19.4 Å². The van der Waals surface area contributed by atoms with Gasteiger partial charge in [0.2, 0.25) is 0 Å². The summed E-state index contributed by atoms with van der Waals surface area (Å²) in [7, 11) is 1.93. The molecule has 4 heteroatoms. The van der Waals surface area contributed by atoms with Gasteiger partial charge in [-0.1, -0.05) is 0 Å². The van der Waals surface area contributed by atoms with E-state index in [0.717, 1.165) is 29.3 Å². The lowest BCUT2D eigenvalue weighted by molar-refractivity contribution is 0.0939. The molecule has 2 rings (SSSR count). The van der Waals surface area contributed by atoms with E-state index in [1.165, 1.54) is 0 Å². The molecule has 0 N–H and O–H groups in total. The van der Waals surface area contributed by atoms with Gasteiger partial charge in [0.15, 0.2) is 5.78 Å². The average Bonchev–Trinajstić information content (AvgIpc) is 2.97. The number of carbonyl (C=O) groups is 1. The minimum absolute atomic E-state index is 0.159. The predicted molar refractivity (Wildman–Crippen MR) is 79.0 cm³/mol. The third kappa shape index (κ3) is 3.02. The van der Waals surface area contributed by atoms with Crippen molar-refractivity contribution in [2.45, 2.75) is 33.9 Å². The summed E-state index contributed by atoms with van der Waals surface area (Å²) in [4.78, 5) is 14.4. The molecule has 0 spiro atoms. The number of Topliss-reactive ketones (excluding diaryl/α,β-unsaturated/α-hetero) is 1. The number of hydrogen-bond donors (Lipinski definition) is 0. The van der Waals surface area contributed by atoms with Crippen molar-refractivity contribution in [1.82, 2.24) is 9.47 Å². The van der Waals surface area contributed by atoms with Gasteiger partial charge in [-0.25, -0.2) is 0 Å². The summed E-state index contributed by atoms with van der Waals surface area (Å²) >= 11 is 0. The summed E-state index contributed by atoms with van der Waals surface area (Å²) in [6.07, 6.45) is 1.65. The highest BCUT2D eigenvalue weighted by Gasteiger charge is 2.16. The molecule has 0 aliphatic carbocycles. The summed E-state index contributed by atoms with van der Waals surface area (Å²) in [5.74, 6) is 1.03. The van der Waals surface area contributed by atoms with Crippen molar-refractivity contribution in [3.63, 3.8) is 0 Å². The van der Waals surface area contributed by atoms with Gasteiger partial charge in [0, 0.05) is 23.5 Å². The van der Waals surface area contributed by atoms with Crippen molar-refractivity contribution in [1.29, 1.82) is 0 Å². The molecule has 0 aliphatic rings. The van der Waals surface area contributed by atoms with Crippen LogP contribution in [0.2, 0.25) is 0 Å². The van der Waals surface area contributed by atoms with E-state index in [4.69, 9.17) is 4.42 Å². The van der Waals surface area contributed by atoms with Crippen molar-refractivity contribution in [3.05, 3.63) is 47.2 Å². The van der Waals surface area contributed by atoms with Crippen LogP contribution < -0.4 is 0 Å². The lowest BCUT2D eigenvalue weighted by Crippen LogP contribution is -2.25. The zero-order valence-electron chi connectivity index (χ0n) is 12.6. The fourth-order valence-electron chi connectivity index (χ4n) is 2.62. The molecule has 0 aliphatic heterocycles. The molecule has 2 heterocycles. The average molecular weight is 274 g/mol. The Bertz CT molecular complexity index is 582. The number of likely N-dealkylation sites (N-methyl/N-ethyl adjacent to an activating group) is 1. The lowest BCUT2D eigenvalue weighted by atomic mass is 10.1. The van der Waals surface area contributed by atoms with Gasteiger partial charge in [-0.2, -0.15) is 0 Å². The third-order valence-electron chi connectivity index (χ3n) is 3.61. The highest BCUT2D eigenvalue weighted by atomic mass is 16.3. The summed E-state index contributed by atoms with van der Waals surface area (Å²) in [6.45, 7) is 8.08. The minimum atomic E-state index is 0.159. The SMILES string of the molecule is CCn1c(C)cc(C(=O)CN(C)Cc2ccco2)c1C. The van der Waals surface area contributed by atoms with E-state index in [0.29, 0.717) is 13.1 Å². The number of aryl methyl sites for hydroxylation is 1. The summed E-state index contributed by atoms with van der Waals surface area (Å²) in [6, 6.07) is 5.77. The largest absolute Gasteiger partial charge is 0.468 e. The first kappa shape index (κ1) is 14.6. The Morgan fingerprint density at radius 2 is 2.15 bits per heavy atom. The Kier molecular flexibility index (Phi) is 4.45. The monoisotopic (exact) mass is 274 g/mol. The molecule has 4 nitrogen and oxygen atoms in total. The van der Waals surface area contributed by atoms with Gasteiger partial charge in [-0.05, 0) is 46.0 Å². The minimum Gasteiger partial charge on any atom is -0.468 e. The van der Waals surface area contributed by atoms with Gasteiger partial charge < -0.3 is 8.98 Å². The van der Waals surface area contributed by atoms with Crippen molar-refractivity contribution < 1.29 is 9.21 Å². The van der Waals surface area contributed by atoms with Crippen molar-refractivity contribution >= 4 is 5.78 Å². The van der Waals surface area contributed by atoms with Crippen LogP contribution in [0.1, 0.15) is 34.4 Å². The van der Waals surface area contributed by atoms with E-state index >= 15 is 0 Å². The molecule has 0 fully saturated rings. The van der Waals surface area contributed by atoms with E-state index in [1.54, 1.807) is 6.26 Å². The second kappa shape index (κ2) is 6.09. The van der Waals surface area contributed by atoms with Crippen molar-refractivity contribution in [2.24, 2.45) is 0 Å². The molecule has 2 aromatic heterocycles. The fourth-order valence-corrected chi connectivity index (χ4v) is 2.62. The number of nitrogens with zero attached hydrogens (tertiary/aromatic N) is 2. The Balaban J connectivity index is 2.04. The molecule has 0 aromatic carbocycles. The molecular weight excluding hydrogens is 252 g/mol. The molecular formula is C16H22N2O2. The van der Waals surface area contributed by atoms with Crippen LogP contribution in [-0.4, -0.2) is 28.8 Å². The van der Waals surface area contributed by atoms with Gasteiger partial charge >= 0.3 is 0 Å². The van der Waals surface area contributed by atoms with E-state index in [1.807, 2.05) is 44.0 Å². The first-order valence-electron chi connectivity index (χ1n) is 6.93. The molecule has 2 aromatic rings. The highest BCUT2D eigenvalue weighted by Crippen LogP contribution is 2.16. The quantitative estimate of drug-likeness (QED) is 0.760. The Morgan fingerprint density at radius 3 is 2.70 bits per heavy atom. The molecule has 0 radical (unpaired) electrons. The zero-order chi connectivity index (χ0) is 14.7. The smallest absolute Gasteiger partial charge is 0.178 e. The van der Waals surface area contributed by atoms with Gasteiger partial charge in [0.25, 0.3) is 0 Å². The maximum absolute atomic E-state index is 12.4. The van der Waals surface area contributed by atoms with E-state index in [2.05, 4.69) is 11.5 Å². The molecule has 0 bridgehead atoms. The van der Waals surface area contributed by atoms with Gasteiger partial charge in [-0.15, -0.1) is 0 Å². The van der Waals surface area contributed by atoms with E-state index in [-0.39, 0.29) is 5.78 Å². The summed E-state index contributed by atoms with van der Waals surface area (Å²) in [5.41, 5.74) is 3.03. The fraction of sp³-hybridized carbons (Fsp3) is 0.438. The highest BCUT2D eigenvalue weighted by molar-refractivity contribution is 5.99. The number of hydrogen-bond acceptors (Lipinski definition) is 3. The Labute approximate surface area is 120 Å². The number of aromatic nitrogens is 1. The second-order valence-corrected chi connectivity index (χ2v) is 5.20. The zero-order valence-corrected chi connectivity index (χ0v) is 12.6. The number of carbonyl (C=O) groups excluding carboxylic acids is 1. The lowest BCUT2D eigenvalue weighted by Gasteiger charge is -2.14. The number of ketones is 1. The van der Waals surface area contributed by atoms with Crippen LogP contribution in [0, 0.1) is 13.8 Å². The number of furan rings is 1. The Morgan fingerprint density at radius 1 is 1.40 bits per heavy atom. The molecule has 0 saturated carbocycles. The van der Waals surface area contributed by atoms with Crippen LogP contribution in [0.25, 0.3) is 0 Å². The Hall–Kier alpha value is -1.81. The first-order chi connectivity index (χ1) is 9.52. The summed E-state index contributed by atoms with van der Waals surface area (Å²) in [5, 5.41) is 0. The van der Waals surface area contributed by atoms with E-state index in [9.17, 15) is 4.79 Å². The molecule has 0 unspecified atom stereocenters. The van der Waals surface area contributed by atoms with Crippen molar-refractivity contribution in [3.8, 4) is 0 Å². The third-order valence-corrected chi connectivity index (χ3v) is 3.61. The van der Waals surface area contributed by atoms with Gasteiger partial charge in [0.1, 0.15) is 5.76 Å². The normalized spacial score (nSPS) is 11.2. The number of rotatable bonds is 6. The molecule has 0 saturated heterocycles. The van der Waals surface area contributed by atoms with Crippen LogP contribution in [-0.2, 0) is 13.1 Å². The molecule has 0 amide bonds.